The standard InChI is InChI=1S/C32H42O2.C21H20O2/c1-19-16-27(21(3)23(5)29(19)33-11)31(7,8)25-14-13-15-26(18-25)32(9,10)28-17-20(2)30(34-12)24(6)22(28)4;1-15-14-19(10-13-21(15)23-3)18-6-4-16(5-7-18)17-8-11-20(22-2)12-9-17/h13-18H,1-12H3;4-14H,1-3H3. The quantitative estimate of drug-likeness (QED) is 0.139. The van der Waals surface area contributed by atoms with E-state index in [-0.39, 0.29) is 10.8 Å². The number of hydrogen-bond donors (Lipinski definition) is 0. The molecule has 4 nitrogen and oxygen atoms in total. The summed E-state index contributed by atoms with van der Waals surface area (Å²) >= 11 is 0. The van der Waals surface area contributed by atoms with Crippen LogP contribution in [0, 0.1) is 48.5 Å². The van der Waals surface area contributed by atoms with E-state index < -0.39 is 0 Å². The molecule has 0 aliphatic heterocycles. The van der Waals surface area contributed by atoms with Crippen molar-refractivity contribution in [1.29, 1.82) is 0 Å². The maximum Gasteiger partial charge on any atom is 0.124 e. The average molecular weight is 763 g/mol. The van der Waals surface area contributed by atoms with Gasteiger partial charge in [-0.1, -0.05) is 107 Å². The fourth-order valence-corrected chi connectivity index (χ4v) is 8.35. The summed E-state index contributed by atoms with van der Waals surface area (Å²) in [5.41, 5.74) is 18.4. The third kappa shape index (κ3) is 8.61. The zero-order chi connectivity index (χ0) is 41.8. The molecule has 57 heavy (non-hydrogen) atoms. The minimum atomic E-state index is -0.140. The van der Waals surface area contributed by atoms with Gasteiger partial charge in [-0.3, -0.25) is 0 Å². The van der Waals surface area contributed by atoms with Crippen molar-refractivity contribution >= 4 is 0 Å². The number of rotatable bonds is 10. The lowest BCUT2D eigenvalue weighted by Crippen LogP contribution is -2.25. The molecule has 6 aromatic rings. The lowest BCUT2D eigenvalue weighted by Gasteiger charge is -2.34. The second-order valence-electron chi connectivity index (χ2n) is 16.4. The van der Waals surface area contributed by atoms with Crippen molar-refractivity contribution in [2.45, 2.75) is 87.0 Å². The SMILES string of the molecule is COc1c(C)cc(C(C)(C)c2cccc(C(C)(C)c3cc(C)c(OC)c(C)c3C)c2)c(C)c1C.COc1ccc(-c2ccc(-c3ccc(OC)c(C)c3)cc2)cc1. The van der Waals surface area contributed by atoms with Crippen LogP contribution in [-0.2, 0) is 10.8 Å². The van der Waals surface area contributed by atoms with Crippen molar-refractivity contribution in [2.24, 2.45) is 0 Å². The van der Waals surface area contributed by atoms with Crippen molar-refractivity contribution < 1.29 is 18.9 Å². The molecule has 0 heterocycles. The fraction of sp³-hybridized carbons (Fsp3) is 0.321. The van der Waals surface area contributed by atoms with Gasteiger partial charge in [0.05, 0.1) is 28.4 Å². The van der Waals surface area contributed by atoms with Gasteiger partial charge in [-0.25, -0.2) is 0 Å². The first-order valence-electron chi connectivity index (χ1n) is 19.8. The first-order chi connectivity index (χ1) is 27.0. The van der Waals surface area contributed by atoms with E-state index >= 15 is 0 Å². The smallest absolute Gasteiger partial charge is 0.124 e. The van der Waals surface area contributed by atoms with Crippen LogP contribution in [0.1, 0.15) is 88.9 Å². The van der Waals surface area contributed by atoms with E-state index in [2.05, 4.69) is 161 Å². The van der Waals surface area contributed by atoms with E-state index in [9.17, 15) is 0 Å². The van der Waals surface area contributed by atoms with E-state index in [0.717, 1.165) is 28.6 Å². The Balaban J connectivity index is 0.000000234. The molecule has 0 aromatic heterocycles. The lowest BCUT2D eigenvalue weighted by atomic mass is 9.71. The highest BCUT2D eigenvalue weighted by Gasteiger charge is 2.31. The molecular formula is C53H62O4. The highest BCUT2D eigenvalue weighted by Crippen LogP contribution is 2.43. The Morgan fingerprint density at radius 2 is 0.772 bits per heavy atom. The van der Waals surface area contributed by atoms with Gasteiger partial charge in [0.25, 0.3) is 0 Å². The van der Waals surface area contributed by atoms with Gasteiger partial charge < -0.3 is 18.9 Å². The van der Waals surface area contributed by atoms with Crippen molar-refractivity contribution in [3.63, 3.8) is 0 Å². The minimum Gasteiger partial charge on any atom is -0.497 e. The Labute approximate surface area is 342 Å². The van der Waals surface area contributed by atoms with Gasteiger partial charge >= 0.3 is 0 Å². The molecule has 0 spiro atoms. The third-order valence-corrected chi connectivity index (χ3v) is 12.1. The molecule has 0 amide bonds. The molecule has 0 N–H and O–H groups in total. The number of benzene rings is 6. The molecular weight excluding hydrogens is 701 g/mol. The van der Waals surface area contributed by atoms with Crippen molar-refractivity contribution in [3.05, 3.63) is 164 Å². The number of ether oxygens (including phenoxy) is 4. The Bertz CT molecular complexity index is 2250. The van der Waals surface area contributed by atoms with Gasteiger partial charge in [0.1, 0.15) is 23.0 Å². The zero-order valence-electron chi connectivity index (χ0n) is 36.9. The van der Waals surface area contributed by atoms with Crippen LogP contribution in [0.5, 0.6) is 23.0 Å². The maximum atomic E-state index is 5.68. The minimum absolute atomic E-state index is 0.140. The summed E-state index contributed by atoms with van der Waals surface area (Å²) in [5, 5.41) is 0. The molecule has 0 saturated heterocycles. The summed E-state index contributed by atoms with van der Waals surface area (Å²) in [6.07, 6.45) is 0. The van der Waals surface area contributed by atoms with Crippen LogP contribution in [0.4, 0.5) is 0 Å². The predicted octanol–water partition coefficient (Wildman–Crippen LogP) is 13.6. The van der Waals surface area contributed by atoms with E-state index in [4.69, 9.17) is 18.9 Å². The average Bonchev–Trinajstić information content (AvgIpc) is 3.21. The van der Waals surface area contributed by atoms with Crippen molar-refractivity contribution in [2.75, 3.05) is 28.4 Å². The van der Waals surface area contributed by atoms with Crippen LogP contribution in [0.25, 0.3) is 22.3 Å². The highest BCUT2D eigenvalue weighted by atomic mass is 16.5. The first kappa shape index (κ1) is 42.7. The molecule has 0 unspecified atom stereocenters. The van der Waals surface area contributed by atoms with Crippen LogP contribution in [0.2, 0.25) is 0 Å². The second-order valence-corrected chi connectivity index (χ2v) is 16.4. The summed E-state index contributed by atoms with van der Waals surface area (Å²) < 4.78 is 21.9. The summed E-state index contributed by atoms with van der Waals surface area (Å²) in [6, 6.07) is 36.7. The Kier molecular flexibility index (Phi) is 13.0. The Hall–Kier alpha value is -5.48. The second kappa shape index (κ2) is 17.3. The van der Waals surface area contributed by atoms with Crippen molar-refractivity contribution in [1.82, 2.24) is 0 Å². The van der Waals surface area contributed by atoms with Crippen LogP contribution in [0.3, 0.4) is 0 Å². The van der Waals surface area contributed by atoms with Gasteiger partial charge in [-0.2, -0.15) is 0 Å². The highest BCUT2D eigenvalue weighted by molar-refractivity contribution is 5.71. The van der Waals surface area contributed by atoms with Crippen LogP contribution in [-0.4, -0.2) is 28.4 Å². The molecule has 298 valence electrons. The third-order valence-electron chi connectivity index (χ3n) is 12.1. The Morgan fingerprint density at radius 3 is 1.16 bits per heavy atom. The fourth-order valence-electron chi connectivity index (χ4n) is 8.35. The van der Waals surface area contributed by atoms with Crippen molar-refractivity contribution in [3.8, 4) is 45.3 Å². The number of aryl methyl sites for hydroxylation is 3. The summed E-state index contributed by atoms with van der Waals surface area (Å²) in [7, 11) is 6.90. The van der Waals surface area contributed by atoms with Crippen LogP contribution < -0.4 is 18.9 Å². The predicted molar refractivity (Wildman–Crippen MR) is 240 cm³/mol. The molecule has 0 aliphatic rings. The zero-order valence-corrected chi connectivity index (χ0v) is 36.9. The van der Waals surface area contributed by atoms with Gasteiger partial charge in [-0.05, 0) is 156 Å². The van der Waals surface area contributed by atoms with E-state index in [1.807, 2.05) is 18.2 Å². The number of hydrogen-bond acceptors (Lipinski definition) is 4. The van der Waals surface area contributed by atoms with Crippen LogP contribution >= 0.6 is 0 Å². The molecule has 0 bridgehead atoms. The first-order valence-corrected chi connectivity index (χ1v) is 19.8. The van der Waals surface area contributed by atoms with Gasteiger partial charge in [0, 0.05) is 10.8 Å². The van der Waals surface area contributed by atoms with Gasteiger partial charge in [0.15, 0.2) is 0 Å². The molecule has 0 saturated carbocycles. The summed E-state index contributed by atoms with van der Waals surface area (Å²) in [6.45, 7) is 24.4. The largest absolute Gasteiger partial charge is 0.497 e. The number of methoxy groups -OCH3 is 4. The van der Waals surface area contributed by atoms with Gasteiger partial charge in [0.2, 0.25) is 0 Å². The summed E-state index contributed by atoms with van der Waals surface area (Å²) in [4.78, 5) is 0. The molecule has 0 aliphatic carbocycles. The molecule has 6 aromatic carbocycles. The lowest BCUT2D eigenvalue weighted by molar-refractivity contribution is 0.407. The molecule has 0 atom stereocenters. The monoisotopic (exact) mass is 762 g/mol. The molecule has 0 radical (unpaired) electrons. The normalized spacial score (nSPS) is 11.4. The molecule has 0 fully saturated rings. The topological polar surface area (TPSA) is 36.9 Å². The maximum absolute atomic E-state index is 5.68. The Morgan fingerprint density at radius 1 is 0.368 bits per heavy atom. The molecule has 6 rings (SSSR count). The van der Waals surface area contributed by atoms with E-state index in [1.54, 1.807) is 28.4 Å². The van der Waals surface area contributed by atoms with E-state index in [0.29, 0.717) is 0 Å². The van der Waals surface area contributed by atoms with E-state index in [1.165, 1.54) is 77.9 Å². The summed E-state index contributed by atoms with van der Waals surface area (Å²) in [5.74, 6) is 3.78. The molecule has 4 heteroatoms. The van der Waals surface area contributed by atoms with Gasteiger partial charge in [-0.15, -0.1) is 0 Å². The van der Waals surface area contributed by atoms with Crippen LogP contribution in [0.15, 0.2) is 103 Å².